The van der Waals surface area contributed by atoms with E-state index in [1.165, 1.54) is 6.07 Å². The summed E-state index contributed by atoms with van der Waals surface area (Å²) >= 11 is 0.860. The topological polar surface area (TPSA) is 72.5 Å². The second kappa shape index (κ2) is 3.88. The van der Waals surface area contributed by atoms with Gasteiger partial charge in [0.2, 0.25) is 0 Å². The van der Waals surface area contributed by atoms with Gasteiger partial charge in [0, 0.05) is 4.47 Å². The highest BCUT2D eigenvalue weighted by Gasteiger charge is 2.03. The predicted molar refractivity (Wildman–Crippen MR) is 50.0 cm³/mol. The second-order valence-corrected chi connectivity index (χ2v) is 3.50. The van der Waals surface area contributed by atoms with Crippen molar-refractivity contribution in [2.24, 2.45) is 0 Å². The Kier molecular flexibility index (Phi) is 3.07. The average molecular weight is 252 g/mol. The summed E-state index contributed by atoms with van der Waals surface area (Å²) in [5.41, 5.74) is 5.78. The Morgan fingerprint density at radius 2 is 2.25 bits per heavy atom. The molecule has 6 heteroatoms. The fraction of sp³-hybridized carbons (Fsp3) is 0. The molecule has 0 spiro atoms. The van der Waals surface area contributed by atoms with Crippen molar-refractivity contribution in [2.45, 2.75) is 0 Å². The predicted octanol–water partition coefficient (Wildman–Crippen LogP) is 1.55. The third-order valence-corrected chi connectivity index (χ3v) is 1.95. The van der Waals surface area contributed by atoms with E-state index < -0.39 is 11.4 Å². The standard InChI is InChI=1S/C6H6BrNO3S/c7-4-1-2-6(5(8)3-4)11-12(9)10/h1-3H,8H2,(H,9,10). The zero-order valence-electron chi connectivity index (χ0n) is 5.86. The molecule has 1 aromatic rings. The highest BCUT2D eigenvalue weighted by atomic mass is 79.9. The van der Waals surface area contributed by atoms with Crippen LogP contribution >= 0.6 is 15.9 Å². The number of benzene rings is 1. The minimum atomic E-state index is -2.33. The van der Waals surface area contributed by atoms with Crippen LogP contribution in [0.15, 0.2) is 22.7 Å². The number of rotatable bonds is 2. The lowest BCUT2D eigenvalue weighted by Gasteiger charge is -2.03. The van der Waals surface area contributed by atoms with Gasteiger partial charge < -0.3 is 9.92 Å². The van der Waals surface area contributed by atoms with Crippen molar-refractivity contribution in [1.82, 2.24) is 0 Å². The van der Waals surface area contributed by atoms with E-state index in [4.69, 9.17) is 10.3 Å². The lowest BCUT2D eigenvalue weighted by atomic mass is 10.3. The second-order valence-electron chi connectivity index (χ2n) is 1.98. The first-order chi connectivity index (χ1) is 5.59. The van der Waals surface area contributed by atoms with Crippen molar-refractivity contribution in [3.63, 3.8) is 0 Å². The lowest BCUT2D eigenvalue weighted by Crippen LogP contribution is -2.00. The van der Waals surface area contributed by atoms with Gasteiger partial charge in [-0.05, 0) is 18.2 Å². The molecule has 0 amide bonds. The van der Waals surface area contributed by atoms with E-state index in [9.17, 15) is 4.21 Å². The zero-order chi connectivity index (χ0) is 9.14. The molecule has 0 fully saturated rings. The lowest BCUT2D eigenvalue weighted by molar-refractivity contribution is 0.459. The van der Waals surface area contributed by atoms with E-state index in [0.29, 0.717) is 5.69 Å². The minimum Gasteiger partial charge on any atom is -0.396 e. The van der Waals surface area contributed by atoms with E-state index in [0.717, 1.165) is 4.47 Å². The summed E-state index contributed by atoms with van der Waals surface area (Å²) in [6.45, 7) is 0. The number of hydrogen-bond acceptors (Lipinski definition) is 3. The van der Waals surface area contributed by atoms with Gasteiger partial charge in [-0.2, -0.15) is 4.21 Å². The Hall–Kier alpha value is -0.590. The largest absolute Gasteiger partial charge is 0.396 e. The van der Waals surface area contributed by atoms with Crippen molar-refractivity contribution >= 4 is 33.0 Å². The average Bonchev–Trinajstić information content (AvgIpc) is 1.94. The zero-order valence-corrected chi connectivity index (χ0v) is 8.26. The summed E-state index contributed by atoms with van der Waals surface area (Å²) in [5.74, 6) is 0.194. The van der Waals surface area contributed by atoms with Crippen LogP contribution in [0.25, 0.3) is 0 Å². The Labute approximate surface area is 80.3 Å². The minimum absolute atomic E-state index is 0.194. The molecule has 0 saturated heterocycles. The SMILES string of the molecule is Nc1cc(Br)ccc1OS(=O)O. The van der Waals surface area contributed by atoms with Crippen LogP contribution in [-0.2, 0) is 11.4 Å². The van der Waals surface area contributed by atoms with Gasteiger partial charge in [-0.1, -0.05) is 15.9 Å². The monoisotopic (exact) mass is 251 g/mol. The summed E-state index contributed by atoms with van der Waals surface area (Å²) in [5, 5.41) is 0. The quantitative estimate of drug-likeness (QED) is 0.618. The van der Waals surface area contributed by atoms with Crippen LogP contribution in [0.5, 0.6) is 5.75 Å². The first kappa shape index (κ1) is 9.50. The van der Waals surface area contributed by atoms with Crippen LogP contribution in [0.4, 0.5) is 5.69 Å². The summed E-state index contributed by atoms with van der Waals surface area (Å²) < 4.78 is 23.9. The third kappa shape index (κ3) is 2.47. The molecule has 1 unspecified atom stereocenters. The van der Waals surface area contributed by atoms with Gasteiger partial charge in [0.15, 0.2) is 5.75 Å². The van der Waals surface area contributed by atoms with E-state index in [1.54, 1.807) is 12.1 Å². The molecule has 0 bridgehead atoms. The number of halogens is 1. The van der Waals surface area contributed by atoms with Crippen molar-refractivity contribution in [1.29, 1.82) is 0 Å². The Morgan fingerprint density at radius 1 is 1.58 bits per heavy atom. The maximum absolute atomic E-state index is 10.2. The summed E-state index contributed by atoms with van der Waals surface area (Å²) in [6.07, 6.45) is 0. The van der Waals surface area contributed by atoms with Crippen molar-refractivity contribution in [2.75, 3.05) is 5.73 Å². The van der Waals surface area contributed by atoms with Crippen molar-refractivity contribution < 1.29 is 12.9 Å². The van der Waals surface area contributed by atoms with Gasteiger partial charge in [0.1, 0.15) is 0 Å². The van der Waals surface area contributed by atoms with E-state index >= 15 is 0 Å². The Morgan fingerprint density at radius 3 is 2.75 bits per heavy atom. The highest BCUT2D eigenvalue weighted by Crippen LogP contribution is 2.25. The molecule has 0 aliphatic carbocycles. The van der Waals surface area contributed by atoms with Gasteiger partial charge >= 0.3 is 11.4 Å². The van der Waals surface area contributed by atoms with Gasteiger partial charge in [-0.25, -0.2) is 0 Å². The molecule has 3 N–H and O–H groups in total. The van der Waals surface area contributed by atoms with Crippen LogP contribution in [0, 0.1) is 0 Å². The van der Waals surface area contributed by atoms with Crippen LogP contribution in [0.2, 0.25) is 0 Å². The van der Waals surface area contributed by atoms with Gasteiger partial charge in [0.25, 0.3) is 0 Å². The Balaban J connectivity index is 2.93. The normalized spacial score (nSPS) is 12.5. The van der Waals surface area contributed by atoms with Gasteiger partial charge in [0.05, 0.1) is 5.69 Å². The van der Waals surface area contributed by atoms with Crippen LogP contribution in [-0.4, -0.2) is 8.76 Å². The van der Waals surface area contributed by atoms with E-state index in [2.05, 4.69) is 20.1 Å². The maximum Gasteiger partial charge on any atom is 0.357 e. The number of nitrogen functional groups attached to an aromatic ring is 1. The highest BCUT2D eigenvalue weighted by molar-refractivity contribution is 9.10. The van der Waals surface area contributed by atoms with Crippen LogP contribution < -0.4 is 9.92 Å². The molecule has 66 valence electrons. The molecule has 1 atom stereocenters. The van der Waals surface area contributed by atoms with Crippen molar-refractivity contribution in [3.05, 3.63) is 22.7 Å². The number of nitrogens with two attached hydrogens (primary N) is 1. The molecule has 4 nitrogen and oxygen atoms in total. The summed E-state index contributed by atoms with van der Waals surface area (Å²) in [6, 6.07) is 4.76. The molecular weight excluding hydrogens is 246 g/mol. The molecule has 0 heterocycles. The van der Waals surface area contributed by atoms with E-state index in [1.807, 2.05) is 0 Å². The van der Waals surface area contributed by atoms with Crippen molar-refractivity contribution in [3.8, 4) is 5.75 Å². The first-order valence-electron chi connectivity index (χ1n) is 2.94. The third-order valence-electron chi connectivity index (χ3n) is 1.13. The number of hydrogen-bond donors (Lipinski definition) is 2. The Bertz CT molecular complexity index is 318. The van der Waals surface area contributed by atoms with Gasteiger partial charge in [-0.15, -0.1) is 0 Å². The maximum atomic E-state index is 10.2. The summed E-state index contributed by atoms with van der Waals surface area (Å²) in [4.78, 5) is 0. The molecule has 1 aromatic carbocycles. The van der Waals surface area contributed by atoms with Gasteiger partial charge in [-0.3, -0.25) is 4.55 Å². The molecule has 12 heavy (non-hydrogen) atoms. The molecule has 0 saturated carbocycles. The molecule has 0 aromatic heterocycles. The smallest absolute Gasteiger partial charge is 0.357 e. The molecular formula is C6H6BrNO3S. The van der Waals surface area contributed by atoms with Crippen LogP contribution in [0.1, 0.15) is 0 Å². The molecule has 0 aliphatic rings. The fourth-order valence-electron chi connectivity index (χ4n) is 0.672. The van der Waals surface area contributed by atoms with E-state index in [-0.39, 0.29) is 5.75 Å². The molecule has 1 rings (SSSR count). The number of anilines is 1. The van der Waals surface area contributed by atoms with Crippen LogP contribution in [0.3, 0.4) is 0 Å². The molecule has 0 radical (unpaired) electrons. The molecule has 0 aliphatic heterocycles. The summed E-state index contributed by atoms with van der Waals surface area (Å²) in [7, 11) is 0. The fourth-order valence-corrected chi connectivity index (χ4v) is 1.36. The first-order valence-corrected chi connectivity index (χ1v) is 4.76.